The Hall–Kier alpha value is -3.90. The molecule has 2 aliphatic rings. The number of methoxy groups -OCH3 is 2. The molecule has 230 valence electrons. The summed E-state index contributed by atoms with van der Waals surface area (Å²) in [5, 5.41) is 9.13. The highest BCUT2D eigenvalue weighted by Crippen LogP contribution is 2.38. The molecule has 0 spiro atoms. The van der Waals surface area contributed by atoms with Crippen molar-refractivity contribution in [1.29, 1.82) is 0 Å². The van der Waals surface area contributed by atoms with E-state index in [1.165, 1.54) is 11.8 Å². The predicted octanol–water partition coefficient (Wildman–Crippen LogP) is 5.22. The van der Waals surface area contributed by atoms with Gasteiger partial charge in [0.25, 0.3) is 5.91 Å². The molecule has 0 unspecified atom stereocenters. The van der Waals surface area contributed by atoms with E-state index in [2.05, 4.69) is 4.90 Å². The second-order valence-electron chi connectivity index (χ2n) is 10.2. The summed E-state index contributed by atoms with van der Waals surface area (Å²) < 4.78 is 23.2. The molecule has 2 heterocycles. The molecular formula is C33H34N2O7S2. The smallest absolute Gasteiger partial charge is 0.335 e. The van der Waals surface area contributed by atoms with Crippen LogP contribution in [0.1, 0.15) is 21.5 Å². The normalized spacial score (nSPS) is 16.4. The van der Waals surface area contributed by atoms with Crippen LogP contribution in [-0.2, 0) is 16.0 Å². The Bertz CT molecular complexity index is 1550. The molecule has 0 radical (unpaired) electrons. The number of hydrogen-bond donors (Lipinski definition) is 1. The Labute approximate surface area is 266 Å². The number of carbonyl (C=O) groups excluding carboxylic acids is 1. The molecule has 0 atom stereocenters. The first-order valence-corrected chi connectivity index (χ1v) is 15.5. The van der Waals surface area contributed by atoms with Gasteiger partial charge in [0.1, 0.15) is 16.7 Å². The minimum atomic E-state index is -0.972. The van der Waals surface area contributed by atoms with Gasteiger partial charge in [0.05, 0.1) is 37.9 Å². The van der Waals surface area contributed by atoms with E-state index in [-0.39, 0.29) is 11.5 Å². The molecule has 3 aromatic carbocycles. The number of morpholine rings is 1. The van der Waals surface area contributed by atoms with Crippen LogP contribution in [0, 0.1) is 0 Å². The molecule has 2 saturated heterocycles. The number of aromatic carboxylic acids is 1. The summed E-state index contributed by atoms with van der Waals surface area (Å²) in [5.74, 6) is 0.835. The van der Waals surface area contributed by atoms with Crippen molar-refractivity contribution in [2.75, 3.05) is 60.2 Å². The topological polar surface area (TPSA) is 97.8 Å². The average molecular weight is 635 g/mol. The first-order valence-electron chi connectivity index (χ1n) is 14.2. The van der Waals surface area contributed by atoms with E-state index >= 15 is 0 Å². The zero-order valence-electron chi connectivity index (χ0n) is 24.6. The molecule has 1 amide bonds. The van der Waals surface area contributed by atoms with Crippen LogP contribution >= 0.6 is 24.0 Å². The van der Waals surface area contributed by atoms with Crippen molar-refractivity contribution in [3.05, 3.63) is 82.3 Å². The van der Waals surface area contributed by atoms with Gasteiger partial charge in [-0.05, 0) is 65.6 Å². The predicted molar refractivity (Wildman–Crippen MR) is 175 cm³/mol. The summed E-state index contributed by atoms with van der Waals surface area (Å²) >= 11 is 6.82. The largest absolute Gasteiger partial charge is 0.493 e. The van der Waals surface area contributed by atoms with Crippen LogP contribution in [-0.4, -0.2) is 91.3 Å². The molecule has 11 heteroatoms. The highest BCUT2D eigenvalue weighted by Gasteiger charge is 2.31. The molecule has 5 rings (SSSR count). The molecule has 2 fully saturated rings. The third-order valence-electron chi connectivity index (χ3n) is 7.46. The van der Waals surface area contributed by atoms with Crippen LogP contribution < -0.4 is 14.2 Å². The van der Waals surface area contributed by atoms with Gasteiger partial charge in [-0.25, -0.2) is 4.79 Å². The number of hydrogen-bond acceptors (Lipinski definition) is 9. The van der Waals surface area contributed by atoms with Gasteiger partial charge in [0.15, 0.2) is 11.5 Å². The Balaban J connectivity index is 1.35. The fraction of sp³-hybridized carbons (Fsp3) is 0.303. The van der Waals surface area contributed by atoms with Crippen LogP contribution in [0.5, 0.6) is 17.2 Å². The number of amides is 1. The van der Waals surface area contributed by atoms with Crippen molar-refractivity contribution in [3.63, 3.8) is 0 Å². The van der Waals surface area contributed by atoms with Gasteiger partial charge < -0.3 is 24.1 Å². The van der Waals surface area contributed by atoms with E-state index in [4.69, 9.17) is 36.3 Å². The van der Waals surface area contributed by atoms with Crippen LogP contribution in [0.3, 0.4) is 0 Å². The number of carboxylic acids is 1. The molecule has 44 heavy (non-hydrogen) atoms. The summed E-state index contributed by atoms with van der Waals surface area (Å²) in [6.07, 6.45) is 2.41. The standard InChI is InChI=1S/C33H34N2O7S2/c1-39-28-10-8-25(21-29(28)40-2)26-19-23(5-9-27(26)42-18-15-34-13-16-41-17-14-34)20-30-31(36)35(33(43)44-30)12-11-22-3-6-24(7-4-22)32(37)38/h3-10,19-21H,11-18H2,1-2H3,(H,37,38)/b30-20-. The van der Waals surface area contributed by atoms with Crippen molar-refractivity contribution in [2.45, 2.75) is 6.42 Å². The van der Waals surface area contributed by atoms with Crippen molar-refractivity contribution in [1.82, 2.24) is 9.80 Å². The molecule has 0 aliphatic carbocycles. The summed E-state index contributed by atoms with van der Waals surface area (Å²) in [7, 11) is 3.20. The molecule has 0 saturated carbocycles. The number of thiocarbonyl (C=S) groups is 1. The van der Waals surface area contributed by atoms with Crippen molar-refractivity contribution < 1.29 is 33.6 Å². The summed E-state index contributed by atoms with van der Waals surface area (Å²) in [5.41, 5.74) is 3.74. The highest BCUT2D eigenvalue weighted by atomic mass is 32.2. The van der Waals surface area contributed by atoms with E-state index in [1.54, 1.807) is 43.4 Å². The van der Waals surface area contributed by atoms with Crippen molar-refractivity contribution in [2.24, 2.45) is 0 Å². The summed E-state index contributed by atoms with van der Waals surface area (Å²) in [6.45, 7) is 4.97. The van der Waals surface area contributed by atoms with Gasteiger partial charge in [-0.2, -0.15) is 0 Å². The number of carbonyl (C=O) groups is 2. The molecule has 2 aliphatic heterocycles. The van der Waals surface area contributed by atoms with E-state index in [0.29, 0.717) is 40.3 Å². The number of carboxylic acid groups (broad SMARTS) is 1. The maximum Gasteiger partial charge on any atom is 0.335 e. The zero-order valence-corrected chi connectivity index (χ0v) is 26.2. The monoisotopic (exact) mass is 634 g/mol. The third-order valence-corrected chi connectivity index (χ3v) is 8.84. The fourth-order valence-electron chi connectivity index (χ4n) is 5.00. The lowest BCUT2D eigenvalue weighted by Gasteiger charge is -2.26. The van der Waals surface area contributed by atoms with Gasteiger partial charge in [0, 0.05) is 31.7 Å². The number of benzene rings is 3. The minimum Gasteiger partial charge on any atom is -0.493 e. The lowest BCUT2D eigenvalue weighted by atomic mass is 10.0. The van der Waals surface area contributed by atoms with Crippen LogP contribution in [0.4, 0.5) is 0 Å². The Morgan fingerprint density at radius 2 is 1.70 bits per heavy atom. The lowest BCUT2D eigenvalue weighted by Crippen LogP contribution is -2.38. The van der Waals surface area contributed by atoms with Gasteiger partial charge >= 0.3 is 5.97 Å². The first kappa shape index (κ1) is 31.5. The lowest BCUT2D eigenvalue weighted by molar-refractivity contribution is -0.122. The number of nitrogens with zero attached hydrogens (tertiary/aromatic N) is 2. The average Bonchev–Trinajstić information content (AvgIpc) is 3.31. The Morgan fingerprint density at radius 1 is 0.977 bits per heavy atom. The zero-order chi connectivity index (χ0) is 31.1. The number of thioether (sulfide) groups is 1. The van der Waals surface area contributed by atoms with Crippen molar-refractivity contribution >= 4 is 46.3 Å². The summed E-state index contributed by atoms with van der Waals surface area (Å²) in [6, 6.07) is 18.2. The molecule has 0 bridgehead atoms. The Morgan fingerprint density at radius 3 is 2.41 bits per heavy atom. The SMILES string of the molecule is COc1ccc(-c2cc(/C=C3\SC(=S)N(CCc4ccc(C(=O)O)cc4)C3=O)ccc2OCCN2CCOCC2)cc1OC. The van der Waals surface area contributed by atoms with E-state index in [9.17, 15) is 9.59 Å². The Kier molecular flexibility index (Phi) is 10.5. The highest BCUT2D eigenvalue weighted by molar-refractivity contribution is 8.26. The maximum absolute atomic E-state index is 13.4. The first-order chi connectivity index (χ1) is 21.4. The second-order valence-corrected chi connectivity index (χ2v) is 11.9. The van der Waals surface area contributed by atoms with Crippen LogP contribution in [0.15, 0.2) is 65.6 Å². The second kappa shape index (κ2) is 14.7. The van der Waals surface area contributed by atoms with Gasteiger partial charge in [-0.15, -0.1) is 0 Å². The maximum atomic E-state index is 13.4. The van der Waals surface area contributed by atoms with Gasteiger partial charge in [-0.3, -0.25) is 14.6 Å². The molecule has 0 aromatic heterocycles. The molecule has 9 nitrogen and oxygen atoms in total. The fourth-order valence-corrected chi connectivity index (χ4v) is 6.31. The van der Waals surface area contributed by atoms with Crippen molar-refractivity contribution in [3.8, 4) is 28.4 Å². The van der Waals surface area contributed by atoms with E-state index < -0.39 is 5.97 Å². The molecule has 3 aromatic rings. The number of ether oxygens (including phenoxy) is 4. The number of rotatable bonds is 12. The van der Waals surface area contributed by atoms with Crippen LogP contribution in [0.25, 0.3) is 17.2 Å². The van der Waals surface area contributed by atoms with E-state index in [0.717, 1.165) is 60.9 Å². The minimum absolute atomic E-state index is 0.152. The third kappa shape index (κ3) is 7.59. The quantitative estimate of drug-likeness (QED) is 0.211. The van der Waals surface area contributed by atoms with Gasteiger partial charge in [0.2, 0.25) is 0 Å². The van der Waals surface area contributed by atoms with E-state index in [1.807, 2.05) is 42.5 Å². The molecular weight excluding hydrogens is 601 g/mol. The van der Waals surface area contributed by atoms with Gasteiger partial charge in [-0.1, -0.05) is 48.2 Å². The van der Waals surface area contributed by atoms with Crippen LogP contribution in [0.2, 0.25) is 0 Å². The summed E-state index contributed by atoms with van der Waals surface area (Å²) in [4.78, 5) is 28.9. The molecule has 1 N–H and O–H groups in total.